The quantitative estimate of drug-likeness (QED) is 0.482. The molecule has 1 aromatic heterocycles. The molecule has 0 saturated carbocycles. The van der Waals surface area contributed by atoms with Gasteiger partial charge in [0, 0.05) is 41.3 Å². The van der Waals surface area contributed by atoms with E-state index in [1.807, 2.05) is 36.4 Å². The number of hydrogen-bond acceptors (Lipinski definition) is 2. The molecule has 2 atom stereocenters. The molecule has 0 radical (unpaired) electrons. The molecule has 1 aliphatic rings. The molecule has 2 amide bonds. The van der Waals surface area contributed by atoms with Crippen LogP contribution in [0.15, 0.2) is 48.5 Å². The molecule has 1 aliphatic heterocycles. The molecular formula is C28H35N3O2. The van der Waals surface area contributed by atoms with Crippen molar-refractivity contribution in [2.24, 2.45) is 13.0 Å². The molecule has 0 fully saturated rings. The number of para-hydroxylation sites is 1. The van der Waals surface area contributed by atoms with E-state index < -0.39 is 0 Å². The first kappa shape index (κ1) is 23.1. The number of aryl methyl sites for hydroxylation is 1. The third-order valence-corrected chi connectivity index (χ3v) is 7.23. The van der Waals surface area contributed by atoms with Crippen molar-refractivity contribution in [1.29, 1.82) is 0 Å². The lowest BCUT2D eigenvalue weighted by Crippen LogP contribution is -2.41. The molecule has 5 heteroatoms. The average Bonchev–Trinajstić information content (AvgIpc) is 3.24. The molecule has 0 aliphatic carbocycles. The molecule has 2 unspecified atom stereocenters. The Balaban J connectivity index is 1.65. The lowest BCUT2D eigenvalue weighted by Gasteiger charge is -2.26. The summed E-state index contributed by atoms with van der Waals surface area (Å²) in [5.41, 5.74) is 5.02. The zero-order valence-electron chi connectivity index (χ0n) is 20.2. The number of nitrogens with one attached hydrogen (secondary N) is 1. The summed E-state index contributed by atoms with van der Waals surface area (Å²) in [6.45, 7) is 7.19. The van der Waals surface area contributed by atoms with Crippen LogP contribution in [-0.4, -0.2) is 34.4 Å². The lowest BCUT2D eigenvalue weighted by atomic mass is 9.95. The van der Waals surface area contributed by atoms with Gasteiger partial charge in [-0.1, -0.05) is 69.5 Å². The summed E-state index contributed by atoms with van der Waals surface area (Å²) in [5, 5.41) is 4.24. The van der Waals surface area contributed by atoms with Crippen molar-refractivity contribution in [3.8, 4) is 0 Å². The first-order valence-corrected chi connectivity index (χ1v) is 12.2. The molecule has 1 N–H and O–H groups in total. The van der Waals surface area contributed by atoms with E-state index in [0.29, 0.717) is 18.0 Å². The summed E-state index contributed by atoms with van der Waals surface area (Å²) in [6.07, 6.45) is 4.51. The summed E-state index contributed by atoms with van der Waals surface area (Å²) in [4.78, 5) is 28.2. The van der Waals surface area contributed by atoms with Crippen LogP contribution < -0.4 is 5.32 Å². The maximum Gasteiger partial charge on any atom is 0.255 e. The second-order valence-electron chi connectivity index (χ2n) is 9.22. The van der Waals surface area contributed by atoms with Crippen molar-refractivity contribution in [3.63, 3.8) is 0 Å². The number of aromatic nitrogens is 1. The van der Waals surface area contributed by atoms with Crippen LogP contribution in [0.25, 0.3) is 10.9 Å². The molecule has 174 valence electrons. The van der Waals surface area contributed by atoms with E-state index in [1.54, 1.807) is 4.90 Å². The first-order chi connectivity index (χ1) is 16.0. The SMILES string of the molecule is CCCCC(CC)CNC(=O)CN1C(=O)c2ccccc2C1c1c(C)n(C)c2ccccc12. The monoisotopic (exact) mass is 445 g/mol. The number of rotatable bonds is 9. The molecule has 0 saturated heterocycles. The summed E-state index contributed by atoms with van der Waals surface area (Å²) >= 11 is 0. The fourth-order valence-electron chi connectivity index (χ4n) is 5.15. The second-order valence-corrected chi connectivity index (χ2v) is 9.22. The third-order valence-electron chi connectivity index (χ3n) is 7.23. The number of carbonyl (C=O) groups excluding carboxylic acids is 2. The predicted octanol–water partition coefficient (Wildman–Crippen LogP) is 5.36. The zero-order valence-corrected chi connectivity index (χ0v) is 20.2. The highest BCUT2D eigenvalue weighted by Crippen LogP contribution is 2.43. The van der Waals surface area contributed by atoms with E-state index in [2.05, 4.69) is 49.8 Å². The first-order valence-electron chi connectivity index (χ1n) is 12.2. The van der Waals surface area contributed by atoms with E-state index in [1.165, 1.54) is 6.42 Å². The fourth-order valence-corrected chi connectivity index (χ4v) is 5.15. The van der Waals surface area contributed by atoms with E-state index in [4.69, 9.17) is 0 Å². The Labute approximate surface area is 196 Å². The Kier molecular flexibility index (Phi) is 6.87. The topological polar surface area (TPSA) is 54.3 Å². The smallest absolute Gasteiger partial charge is 0.255 e. The maximum atomic E-state index is 13.4. The van der Waals surface area contributed by atoms with Gasteiger partial charge in [-0.2, -0.15) is 0 Å². The highest BCUT2D eigenvalue weighted by molar-refractivity contribution is 6.02. The van der Waals surface area contributed by atoms with Crippen LogP contribution in [-0.2, 0) is 11.8 Å². The van der Waals surface area contributed by atoms with Crippen LogP contribution >= 0.6 is 0 Å². The van der Waals surface area contributed by atoms with Crippen molar-refractivity contribution >= 4 is 22.7 Å². The molecule has 33 heavy (non-hydrogen) atoms. The van der Waals surface area contributed by atoms with Gasteiger partial charge in [0.05, 0.1) is 6.04 Å². The maximum absolute atomic E-state index is 13.4. The van der Waals surface area contributed by atoms with E-state index in [9.17, 15) is 9.59 Å². The highest BCUT2D eigenvalue weighted by atomic mass is 16.2. The highest BCUT2D eigenvalue weighted by Gasteiger charge is 2.40. The van der Waals surface area contributed by atoms with Gasteiger partial charge < -0.3 is 14.8 Å². The van der Waals surface area contributed by atoms with E-state index in [-0.39, 0.29) is 24.4 Å². The van der Waals surface area contributed by atoms with Gasteiger partial charge in [0.1, 0.15) is 6.54 Å². The van der Waals surface area contributed by atoms with Crippen LogP contribution in [0, 0.1) is 12.8 Å². The number of hydrogen-bond donors (Lipinski definition) is 1. The van der Waals surface area contributed by atoms with Crippen LogP contribution in [0.1, 0.15) is 72.8 Å². The average molecular weight is 446 g/mol. The van der Waals surface area contributed by atoms with Gasteiger partial charge in [-0.3, -0.25) is 9.59 Å². The van der Waals surface area contributed by atoms with Gasteiger partial charge in [0.2, 0.25) is 5.91 Å². The lowest BCUT2D eigenvalue weighted by molar-refractivity contribution is -0.122. The summed E-state index contributed by atoms with van der Waals surface area (Å²) < 4.78 is 2.17. The Morgan fingerprint density at radius 2 is 1.82 bits per heavy atom. The molecule has 2 aromatic carbocycles. The third kappa shape index (κ3) is 4.29. The minimum atomic E-state index is -0.271. The molecular weight excluding hydrogens is 410 g/mol. The van der Waals surface area contributed by atoms with E-state index >= 15 is 0 Å². The largest absolute Gasteiger partial charge is 0.354 e. The van der Waals surface area contributed by atoms with Crippen molar-refractivity contribution in [3.05, 3.63) is 70.9 Å². The fraction of sp³-hybridized carbons (Fsp3) is 0.429. The summed E-state index contributed by atoms with van der Waals surface area (Å²) in [7, 11) is 2.06. The van der Waals surface area contributed by atoms with E-state index in [0.717, 1.165) is 47.0 Å². The number of nitrogens with zero attached hydrogens (tertiary/aromatic N) is 2. The molecule has 3 aromatic rings. The van der Waals surface area contributed by atoms with Crippen LogP contribution in [0.5, 0.6) is 0 Å². The Morgan fingerprint density at radius 3 is 2.58 bits per heavy atom. The number of amides is 2. The summed E-state index contributed by atoms with van der Waals surface area (Å²) in [6, 6.07) is 15.8. The van der Waals surface area contributed by atoms with Crippen LogP contribution in [0.4, 0.5) is 0 Å². The Bertz CT molecular complexity index is 1160. The zero-order chi connectivity index (χ0) is 23.5. The van der Waals surface area contributed by atoms with Crippen molar-refractivity contribution in [2.75, 3.05) is 13.1 Å². The second kappa shape index (κ2) is 9.82. The van der Waals surface area contributed by atoms with Crippen molar-refractivity contribution < 1.29 is 9.59 Å². The Morgan fingerprint density at radius 1 is 1.09 bits per heavy atom. The van der Waals surface area contributed by atoms with Crippen LogP contribution in [0.3, 0.4) is 0 Å². The van der Waals surface area contributed by atoms with Crippen LogP contribution in [0.2, 0.25) is 0 Å². The number of benzene rings is 2. The summed E-state index contributed by atoms with van der Waals surface area (Å²) in [5.74, 6) is 0.321. The molecule has 2 heterocycles. The standard InChI is InChI=1S/C28H35N3O2/c1-5-7-12-20(6-2)17-29-25(32)18-31-27(21-13-8-9-14-22(21)28(31)33)26-19(3)30(4)24-16-11-10-15-23(24)26/h8-11,13-16,20,27H,5-7,12,17-18H2,1-4H3,(H,29,32). The van der Waals surface area contributed by atoms with Crippen molar-refractivity contribution in [2.45, 2.75) is 52.5 Å². The molecule has 0 bridgehead atoms. The van der Waals surface area contributed by atoms with Gasteiger partial charge in [-0.15, -0.1) is 0 Å². The molecule has 4 rings (SSSR count). The number of fused-ring (bicyclic) bond motifs is 2. The molecule has 0 spiro atoms. The number of unbranched alkanes of at least 4 members (excludes halogenated alkanes) is 1. The van der Waals surface area contributed by atoms with Gasteiger partial charge in [0.15, 0.2) is 0 Å². The predicted molar refractivity (Wildman–Crippen MR) is 133 cm³/mol. The minimum Gasteiger partial charge on any atom is -0.354 e. The minimum absolute atomic E-state index is 0.0606. The number of carbonyl (C=O) groups is 2. The van der Waals surface area contributed by atoms with Gasteiger partial charge in [-0.05, 0) is 37.0 Å². The van der Waals surface area contributed by atoms with Gasteiger partial charge in [-0.25, -0.2) is 0 Å². The Hall–Kier alpha value is -3.08. The van der Waals surface area contributed by atoms with Crippen molar-refractivity contribution in [1.82, 2.24) is 14.8 Å². The molecule has 5 nitrogen and oxygen atoms in total. The normalized spacial score (nSPS) is 16.3. The van der Waals surface area contributed by atoms with Gasteiger partial charge >= 0.3 is 0 Å². The van der Waals surface area contributed by atoms with Gasteiger partial charge in [0.25, 0.3) is 5.91 Å².